The van der Waals surface area contributed by atoms with Crippen LogP contribution in [0, 0.1) is 12.8 Å². The van der Waals surface area contributed by atoms with Crippen LogP contribution in [-0.4, -0.2) is 4.98 Å². The minimum Gasteiger partial charge on any atom is -0.326 e. The van der Waals surface area contributed by atoms with E-state index in [0.29, 0.717) is 12.5 Å². The molecular weight excluding hydrogens is 284 g/mol. The van der Waals surface area contributed by atoms with Gasteiger partial charge in [0.2, 0.25) is 0 Å². The molecule has 0 aliphatic rings. The van der Waals surface area contributed by atoms with Crippen LogP contribution < -0.4 is 5.73 Å². The molecule has 0 saturated carbocycles. The highest BCUT2D eigenvalue weighted by molar-refractivity contribution is 7.98. The number of hydrogen-bond acceptors (Lipinski definition) is 4. The molecule has 0 unspecified atom stereocenters. The lowest BCUT2D eigenvalue weighted by atomic mass is 10.1. The fourth-order valence-electron chi connectivity index (χ4n) is 1.98. The maximum atomic E-state index is 5.83. The second kappa shape index (κ2) is 7.25. The summed E-state index contributed by atoms with van der Waals surface area (Å²) >= 11 is 3.61. The van der Waals surface area contributed by atoms with E-state index < -0.39 is 0 Å². The predicted molar refractivity (Wildman–Crippen MR) is 89.3 cm³/mol. The van der Waals surface area contributed by atoms with Crippen molar-refractivity contribution in [3.8, 4) is 0 Å². The summed E-state index contributed by atoms with van der Waals surface area (Å²) in [6, 6.07) is 8.65. The van der Waals surface area contributed by atoms with Gasteiger partial charge in [-0.2, -0.15) is 0 Å². The zero-order valence-corrected chi connectivity index (χ0v) is 14.0. The lowest BCUT2D eigenvalue weighted by Gasteiger charge is -2.02. The minimum absolute atomic E-state index is 0.606. The topological polar surface area (TPSA) is 38.9 Å². The zero-order chi connectivity index (χ0) is 14.5. The molecule has 2 rings (SSSR count). The molecule has 0 fully saturated rings. The first-order valence-electron chi connectivity index (χ1n) is 6.95. The maximum Gasteiger partial charge on any atom is 0.103 e. The zero-order valence-electron chi connectivity index (χ0n) is 12.3. The van der Waals surface area contributed by atoms with E-state index in [1.807, 2.05) is 11.8 Å². The second-order valence-electron chi connectivity index (χ2n) is 5.38. The largest absolute Gasteiger partial charge is 0.326 e. The third kappa shape index (κ3) is 4.33. The van der Waals surface area contributed by atoms with Gasteiger partial charge in [0.05, 0.1) is 11.4 Å². The third-order valence-electron chi connectivity index (χ3n) is 2.99. The quantitative estimate of drug-likeness (QED) is 0.804. The number of nitrogens with two attached hydrogens (primary N) is 1. The molecule has 0 spiro atoms. The Kier molecular flexibility index (Phi) is 5.64. The number of rotatable bonds is 6. The van der Waals surface area contributed by atoms with E-state index in [2.05, 4.69) is 45.0 Å². The van der Waals surface area contributed by atoms with Crippen molar-refractivity contribution in [2.24, 2.45) is 11.7 Å². The number of hydrogen-bond donors (Lipinski definition) is 1. The summed E-state index contributed by atoms with van der Waals surface area (Å²) in [6.45, 7) is 7.16. The Balaban J connectivity index is 2.02. The number of benzene rings is 1. The van der Waals surface area contributed by atoms with Gasteiger partial charge in [0, 0.05) is 16.3 Å². The van der Waals surface area contributed by atoms with Crippen LogP contribution in [0.2, 0.25) is 0 Å². The van der Waals surface area contributed by atoms with E-state index in [4.69, 9.17) is 10.7 Å². The Labute approximate surface area is 129 Å². The third-order valence-corrected chi connectivity index (χ3v) is 5.32. The van der Waals surface area contributed by atoms with Gasteiger partial charge in [-0.25, -0.2) is 4.98 Å². The summed E-state index contributed by atoms with van der Waals surface area (Å²) in [6.07, 6.45) is 1.03. The Bertz CT molecular complexity index is 544. The molecule has 0 aliphatic heterocycles. The average Bonchev–Trinajstić information content (AvgIpc) is 2.79. The van der Waals surface area contributed by atoms with Crippen molar-refractivity contribution in [3.63, 3.8) is 0 Å². The number of aryl methyl sites for hydroxylation is 1. The Morgan fingerprint density at radius 2 is 1.95 bits per heavy atom. The lowest BCUT2D eigenvalue weighted by molar-refractivity contribution is 0.633. The molecular formula is C16H22N2S2. The summed E-state index contributed by atoms with van der Waals surface area (Å²) in [5.74, 6) is 1.55. The fourth-order valence-corrected chi connectivity index (χ4v) is 3.85. The van der Waals surface area contributed by atoms with Gasteiger partial charge in [0.25, 0.3) is 0 Å². The molecule has 0 aliphatic carbocycles. The summed E-state index contributed by atoms with van der Waals surface area (Å²) in [5.41, 5.74) is 8.33. The number of thioether (sulfide) groups is 1. The van der Waals surface area contributed by atoms with E-state index in [-0.39, 0.29) is 0 Å². The van der Waals surface area contributed by atoms with E-state index in [1.54, 1.807) is 11.3 Å². The molecule has 0 atom stereocenters. The summed E-state index contributed by atoms with van der Waals surface area (Å²) in [5, 5.41) is 1.19. The summed E-state index contributed by atoms with van der Waals surface area (Å²) < 4.78 is 0. The Hall–Kier alpha value is -0.840. The minimum atomic E-state index is 0.606. The molecule has 20 heavy (non-hydrogen) atoms. The van der Waals surface area contributed by atoms with Crippen LogP contribution in [-0.2, 0) is 18.7 Å². The molecule has 2 N–H and O–H groups in total. The SMILES string of the molecule is Cc1ccc(SCc2nc(CC(C)C)c(CN)s2)cc1. The van der Waals surface area contributed by atoms with Crippen LogP contribution in [0.4, 0.5) is 0 Å². The smallest absolute Gasteiger partial charge is 0.103 e. The van der Waals surface area contributed by atoms with Gasteiger partial charge in [0.1, 0.15) is 5.01 Å². The van der Waals surface area contributed by atoms with Crippen LogP contribution in [0.25, 0.3) is 0 Å². The monoisotopic (exact) mass is 306 g/mol. The highest BCUT2D eigenvalue weighted by Crippen LogP contribution is 2.28. The summed E-state index contributed by atoms with van der Waals surface area (Å²) in [4.78, 5) is 7.32. The summed E-state index contributed by atoms with van der Waals surface area (Å²) in [7, 11) is 0. The van der Waals surface area contributed by atoms with Gasteiger partial charge in [-0.1, -0.05) is 31.5 Å². The maximum absolute atomic E-state index is 5.83. The highest BCUT2D eigenvalue weighted by Gasteiger charge is 2.11. The first-order valence-corrected chi connectivity index (χ1v) is 8.75. The van der Waals surface area contributed by atoms with Gasteiger partial charge in [-0.3, -0.25) is 0 Å². The first kappa shape index (κ1) is 15.5. The van der Waals surface area contributed by atoms with Crippen LogP contribution in [0.1, 0.15) is 35.0 Å². The molecule has 0 saturated heterocycles. The van der Waals surface area contributed by atoms with E-state index in [0.717, 1.165) is 12.2 Å². The van der Waals surface area contributed by atoms with Crippen molar-refractivity contribution in [2.75, 3.05) is 0 Å². The van der Waals surface area contributed by atoms with Gasteiger partial charge in [-0.05, 0) is 31.4 Å². The number of aromatic nitrogens is 1. The van der Waals surface area contributed by atoms with Gasteiger partial charge < -0.3 is 5.73 Å². The van der Waals surface area contributed by atoms with Crippen molar-refractivity contribution in [1.82, 2.24) is 4.98 Å². The van der Waals surface area contributed by atoms with Crippen molar-refractivity contribution < 1.29 is 0 Å². The molecule has 2 nitrogen and oxygen atoms in total. The average molecular weight is 306 g/mol. The van der Waals surface area contributed by atoms with Crippen LogP contribution >= 0.6 is 23.1 Å². The molecule has 0 radical (unpaired) electrons. The standard InChI is InChI=1S/C16H22N2S2/c1-11(2)8-14-15(9-17)20-16(18-14)10-19-13-6-4-12(3)5-7-13/h4-7,11H,8-10,17H2,1-3H3. The fraction of sp³-hybridized carbons (Fsp3) is 0.438. The molecule has 0 amide bonds. The molecule has 1 aromatic heterocycles. The Morgan fingerprint density at radius 1 is 1.25 bits per heavy atom. The Morgan fingerprint density at radius 3 is 2.55 bits per heavy atom. The second-order valence-corrected chi connectivity index (χ2v) is 7.60. The molecule has 108 valence electrons. The van der Waals surface area contributed by atoms with E-state index in [9.17, 15) is 0 Å². The normalized spacial score (nSPS) is 11.2. The number of thiazole rings is 1. The van der Waals surface area contributed by atoms with Gasteiger partial charge in [0.15, 0.2) is 0 Å². The van der Waals surface area contributed by atoms with E-state index in [1.165, 1.54) is 26.0 Å². The van der Waals surface area contributed by atoms with Gasteiger partial charge in [-0.15, -0.1) is 23.1 Å². The van der Waals surface area contributed by atoms with Crippen molar-refractivity contribution >= 4 is 23.1 Å². The number of nitrogens with zero attached hydrogens (tertiary/aromatic N) is 1. The van der Waals surface area contributed by atoms with Crippen LogP contribution in [0.15, 0.2) is 29.2 Å². The lowest BCUT2D eigenvalue weighted by Crippen LogP contribution is -2.02. The molecule has 1 heterocycles. The van der Waals surface area contributed by atoms with Crippen LogP contribution in [0.5, 0.6) is 0 Å². The molecule has 4 heteroatoms. The van der Waals surface area contributed by atoms with Crippen molar-refractivity contribution in [3.05, 3.63) is 45.4 Å². The van der Waals surface area contributed by atoms with Gasteiger partial charge >= 0.3 is 0 Å². The highest BCUT2D eigenvalue weighted by atomic mass is 32.2. The molecule has 1 aromatic carbocycles. The van der Waals surface area contributed by atoms with Crippen molar-refractivity contribution in [1.29, 1.82) is 0 Å². The predicted octanol–water partition coefficient (Wildman–Crippen LogP) is 4.40. The van der Waals surface area contributed by atoms with Crippen LogP contribution in [0.3, 0.4) is 0 Å². The molecule has 0 bridgehead atoms. The first-order chi connectivity index (χ1) is 9.58. The molecule has 2 aromatic rings. The van der Waals surface area contributed by atoms with E-state index >= 15 is 0 Å². The van der Waals surface area contributed by atoms with Crippen molar-refractivity contribution in [2.45, 2.75) is 44.4 Å².